The molecule has 1 aliphatic heterocycles. The van der Waals surface area contributed by atoms with E-state index in [0.29, 0.717) is 6.04 Å². The lowest BCUT2D eigenvalue weighted by Crippen LogP contribution is -2.49. The highest BCUT2D eigenvalue weighted by atomic mass is 32.1. The molecule has 0 spiro atoms. The van der Waals surface area contributed by atoms with Gasteiger partial charge in [0.05, 0.1) is 0 Å². The SMILES string of the molecule is CCc1ccc(CN2CCNC(CC)C2)s1. The highest BCUT2D eigenvalue weighted by Crippen LogP contribution is 2.19. The number of piperazine rings is 1. The van der Waals surface area contributed by atoms with Gasteiger partial charge in [-0.3, -0.25) is 4.90 Å². The normalized spacial score (nSPS) is 22.5. The van der Waals surface area contributed by atoms with Crippen LogP contribution in [0, 0.1) is 0 Å². The first-order valence-electron chi connectivity index (χ1n) is 6.35. The third-order valence-electron chi connectivity index (χ3n) is 3.28. The monoisotopic (exact) mass is 238 g/mol. The maximum absolute atomic E-state index is 3.56. The van der Waals surface area contributed by atoms with Crippen LogP contribution in [0.4, 0.5) is 0 Å². The lowest BCUT2D eigenvalue weighted by atomic mass is 10.1. The van der Waals surface area contributed by atoms with Gasteiger partial charge < -0.3 is 5.32 Å². The predicted octanol–water partition coefficient (Wildman–Crippen LogP) is 2.49. The second-order valence-electron chi connectivity index (χ2n) is 4.52. The van der Waals surface area contributed by atoms with Gasteiger partial charge in [0.15, 0.2) is 0 Å². The molecule has 1 aromatic heterocycles. The molecule has 0 amide bonds. The van der Waals surface area contributed by atoms with Gasteiger partial charge in [-0.05, 0) is 25.0 Å². The van der Waals surface area contributed by atoms with E-state index < -0.39 is 0 Å². The number of rotatable bonds is 4. The number of thiophene rings is 1. The second kappa shape index (κ2) is 5.80. The van der Waals surface area contributed by atoms with Crippen molar-refractivity contribution in [3.05, 3.63) is 21.9 Å². The Morgan fingerprint density at radius 1 is 1.38 bits per heavy atom. The first kappa shape index (κ1) is 12.1. The highest BCUT2D eigenvalue weighted by Gasteiger charge is 2.17. The van der Waals surface area contributed by atoms with Crippen molar-refractivity contribution in [1.82, 2.24) is 10.2 Å². The molecule has 0 aliphatic carbocycles. The fourth-order valence-corrected chi connectivity index (χ4v) is 3.23. The molecule has 1 saturated heterocycles. The molecule has 2 rings (SSSR count). The summed E-state index contributed by atoms with van der Waals surface area (Å²) in [6.45, 7) is 9.17. The standard InChI is InChI=1S/C13H22N2S/c1-3-11-9-15(8-7-14-11)10-13-6-5-12(4-2)16-13/h5-6,11,14H,3-4,7-10H2,1-2H3. The summed E-state index contributed by atoms with van der Waals surface area (Å²) in [7, 11) is 0. The molecule has 90 valence electrons. The van der Waals surface area contributed by atoms with Crippen LogP contribution in [-0.2, 0) is 13.0 Å². The molecule has 1 unspecified atom stereocenters. The Kier molecular flexibility index (Phi) is 4.38. The van der Waals surface area contributed by atoms with Crippen LogP contribution in [0.3, 0.4) is 0 Å². The van der Waals surface area contributed by atoms with Gasteiger partial charge in [-0.1, -0.05) is 13.8 Å². The number of hydrogen-bond acceptors (Lipinski definition) is 3. The van der Waals surface area contributed by atoms with Crippen LogP contribution < -0.4 is 5.32 Å². The molecule has 1 fully saturated rings. The fourth-order valence-electron chi connectivity index (χ4n) is 2.23. The summed E-state index contributed by atoms with van der Waals surface area (Å²) >= 11 is 1.97. The second-order valence-corrected chi connectivity index (χ2v) is 5.77. The molecule has 1 aromatic rings. The van der Waals surface area contributed by atoms with E-state index >= 15 is 0 Å². The third-order valence-corrected chi connectivity index (χ3v) is 4.49. The zero-order valence-corrected chi connectivity index (χ0v) is 11.1. The first-order valence-corrected chi connectivity index (χ1v) is 7.16. The Morgan fingerprint density at radius 3 is 2.88 bits per heavy atom. The van der Waals surface area contributed by atoms with Crippen LogP contribution >= 0.6 is 11.3 Å². The van der Waals surface area contributed by atoms with Gasteiger partial charge >= 0.3 is 0 Å². The molecule has 1 aliphatic rings. The lowest BCUT2D eigenvalue weighted by Gasteiger charge is -2.32. The van der Waals surface area contributed by atoms with Crippen LogP contribution in [0.2, 0.25) is 0 Å². The molecule has 1 atom stereocenters. The molecule has 0 aromatic carbocycles. The van der Waals surface area contributed by atoms with Gasteiger partial charge in [-0.2, -0.15) is 0 Å². The van der Waals surface area contributed by atoms with Crippen molar-refractivity contribution in [3.63, 3.8) is 0 Å². The quantitative estimate of drug-likeness (QED) is 0.867. The van der Waals surface area contributed by atoms with Gasteiger partial charge in [-0.15, -0.1) is 11.3 Å². The number of hydrogen-bond donors (Lipinski definition) is 1. The minimum absolute atomic E-state index is 0.694. The van der Waals surface area contributed by atoms with Gasteiger partial charge in [0, 0.05) is 42.0 Å². The maximum atomic E-state index is 3.56. The van der Waals surface area contributed by atoms with E-state index in [1.807, 2.05) is 11.3 Å². The topological polar surface area (TPSA) is 15.3 Å². The van der Waals surface area contributed by atoms with Crippen molar-refractivity contribution in [1.29, 1.82) is 0 Å². The molecule has 0 bridgehead atoms. The molecule has 3 heteroatoms. The zero-order valence-electron chi connectivity index (χ0n) is 10.3. The number of nitrogens with zero attached hydrogens (tertiary/aromatic N) is 1. The molecule has 2 nitrogen and oxygen atoms in total. The van der Waals surface area contributed by atoms with E-state index in [9.17, 15) is 0 Å². The van der Waals surface area contributed by atoms with E-state index in [2.05, 4.69) is 36.2 Å². The summed E-state index contributed by atoms with van der Waals surface area (Å²) in [5, 5.41) is 3.56. The molecular weight excluding hydrogens is 216 g/mol. The first-order chi connectivity index (χ1) is 7.81. The van der Waals surface area contributed by atoms with E-state index in [-0.39, 0.29) is 0 Å². The van der Waals surface area contributed by atoms with E-state index in [1.54, 1.807) is 0 Å². The van der Waals surface area contributed by atoms with Crippen LogP contribution in [-0.4, -0.2) is 30.6 Å². The molecule has 16 heavy (non-hydrogen) atoms. The van der Waals surface area contributed by atoms with Crippen molar-refractivity contribution in [2.75, 3.05) is 19.6 Å². The summed E-state index contributed by atoms with van der Waals surface area (Å²) in [6.07, 6.45) is 2.41. The van der Waals surface area contributed by atoms with Crippen LogP contribution in [0.15, 0.2) is 12.1 Å². The van der Waals surface area contributed by atoms with Gasteiger partial charge in [-0.25, -0.2) is 0 Å². The van der Waals surface area contributed by atoms with Crippen LogP contribution in [0.1, 0.15) is 30.0 Å². The van der Waals surface area contributed by atoms with Crippen LogP contribution in [0.5, 0.6) is 0 Å². The minimum Gasteiger partial charge on any atom is -0.311 e. The summed E-state index contributed by atoms with van der Waals surface area (Å²) in [4.78, 5) is 5.61. The van der Waals surface area contributed by atoms with E-state index in [1.165, 1.54) is 35.7 Å². The lowest BCUT2D eigenvalue weighted by molar-refractivity contribution is 0.191. The van der Waals surface area contributed by atoms with Gasteiger partial charge in [0.2, 0.25) is 0 Å². The van der Waals surface area contributed by atoms with Crippen molar-refractivity contribution in [2.45, 2.75) is 39.3 Å². The maximum Gasteiger partial charge on any atom is 0.0329 e. The average Bonchev–Trinajstić information content (AvgIpc) is 2.77. The molecule has 1 N–H and O–H groups in total. The third kappa shape index (κ3) is 3.06. The predicted molar refractivity (Wildman–Crippen MR) is 71.1 cm³/mol. The molecular formula is C13H22N2S. The summed E-state index contributed by atoms with van der Waals surface area (Å²) in [5.41, 5.74) is 0. The summed E-state index contributed by atoms with van der Waals surface area (Å²) in [6, 6.07) is 5.27. The Balaban J connectivity index is 1.88. The molecule has 0 radical (unpaired) electrons. The highest BCUT2D eigenvalue weighted by molar-refractivity contribution is 7.11. The Morgan fingerprint density at radius 2 is 2.19 bits per heavy atom. The summed E-state index contributed by atoms with van der Waals surface area (Å²) in [5.74, 6) is 0. The van der Waals surface area contributed by atoms with Crippen molar-refractivity contribution >= 4 is 11.3 Å². The number of aryl methyl sites for hydroxylation is 1. The smallest absolute Gasteiger partial charge is 0.0329 e. The Hall–Kier alpha value is -0.380. The minimum atomic E-state index is 0.694. The Bertz CT molecular complexity index is 321. The van der Waals surface area contributed by atoms with Crippen LogP contribution in [0.25, 0.3) is 0 Å². The zero-order chi connectivity index (χ0) is 11.4. The number of nitrogens with one attached hydrogen (secondary N) is 1. The van der Waals surface area contributed by atoms with Gasteiger partial charge in [0.1, 0.15) is 0 Å². The molecule has 2 heterocycles. The largest absolute Gasteiger partial charge is 0.311 e. The van der Waals surface area contributed by atoms with Gasteiger partial charge in [0.25, 0.3) is 0 Å². The fraction of sp³-hybridized carbons (Fsp3) is 0.692. The van der Waals surface area contributed by atoms with Crippen molar-refractivity contribution < 1.29 is 0 Å². The average molecular weight is 238 g/mol. The molecule has 0 saturated carbocycles. The summed E-state index contributed by atoms with van der Waals surface area (Å²) < 4.78 is 0. The van der Waals surface area contributed by atoms with Crippen molar-refractivity contribution in [3.8, 4) is 0 Å². The van der Waals surface area contributed by atoms with E-state index in [0.717, 1.165) is 13.1 Å². The van der Waals surface area contributed by atoms with Crippen molar-refractivity contribution in [2.24, 2.45) is 0 Å². The Labute approximate surface area is 103 Å². The van der Waals surface area contributed by atoms with E-state index in [4.69, 9.17) is 0 Å².